The van der Waals surface area contributed by atoms with Crippen LogP contribution in [0.5, 0.6) is 11.5 Å². The maximum absolute atomic E-state index is 10.2. The first-order valence-corrected chi connectivity index (χ1v) is 8.72. The van der Waals surface area contributed by atoms with Gasteiger partial charge in [-0.05, 0) is 68.1 Å². The van der Waals surface area contributed by atoms with Crippen molar-refractivity contribution >= 4 is 25.3 Å². The molecule has 1 aromatic heterocycles. The maximum Gasteiger partial charge on any atom is 0.234 e. The van der Waals surface area contributed by atoms with Crippen LogP contribution in [0.2, 0.25) is 0 Å². The second kappa shape index (κ2) is 8.14. The summed E-state index contributed by atoms with van der Waals surface area (Å²) in [6.45, 7) is 2.53. The zero-order valence-corrected chi connectivity index (χ0v) is 15.5. The first-order chi connectivity index (χ1) is 13.0. The third-order valence-corrected chi connectivity index (χ3v) is 4.43. The molecule has 0 spiro atoms. The highest BCUT2D eigenvalue weighted by atomic mass is 16.5. The van der Waals surface area contributed by atoms with Crippen LogP contribution in [-0.2, 0) is 0 Å². The fourth-order valence-electron chi connectivity index (χ4n) is 3.11. The Labute approximate surface area is 160 Å². The molecule has 3 N–H and O–H groups in total. The van der Waals surface area contributed by atoms with Crippen molar-refractivity contribution in [3.63, 3.8) is 0 Å². The van der Waals surface area contributed by atoms with Gasteiger partial charge in [-0.3, -0.25) is 0 Å². The van der Waals surface area contributed by atoms with Crippen LogP contribution in [0.15, 0.2) is 64.9 Å². The van der Waals surface area contributed by atoms with Crippen molar-refractivity contribution < 1.29 is 9.84 Å². The molecule has 2 heterocycles. The Balaban J connectivity index is 1.96. The predicted octanol–water partition coefficient (Wildman–Crippen LogP) is 3.31. The molecule has 3 rings (SSSR count). The van der Waals surface area contributed by atoms with Crippen LogP contribution >= 0.6 is 0 Å². The minimum Gasteiger partial charge on any atom is -0.504 e. The second-order valence-electron chi connectivity index (χ2n) is 6.26. The summed E-state index contributed by atoms with van der Waals surface area (Å²) in [5.74, 6) is 0.544. The zero-order valence-electron chi connectivity index (χ0n) is 15.5. The summed E-state index contributed by atoms with van der Waals surface area (Å²) in [6.07, 6.45) is 8.17. The van der Waals surface area contributed by atoms with Crippen molar-refractivity contribution in [3.05, 3.63) is 71.2 Å². The molecule has 0 aliphatic carbocycles. The average molecular weight is 359 g/mol. The monoisotopic (exact) mass is 359 g/mol. The van der Waals surface area contributed by atoms with E-state index in [0.717, 1.165) is 28.2 Å². The maximum atomic E-state index is 10.2. The molecule has 0 unspecified atom stereocenters. The van der Waals surface area contributed by atoms with Crippen molar-refractivity contribution in [2.75, 3.05) is 13.7 Å². The molecule has 2 aromatic rings. The number of hydrogen-bond donors (Lipinski definition) is 2. The van der Waals surface area contributed by atoms with Gasteiger partial charge in [0, 0.05) is 16.8 Å². The molecule has 136 valence electrons. The van der Waals surface area contributed by atoms with Gasteiger partial charge < -0.3 is 20.1 Å². The van der Waals surface area contributed by atoms with Gasteiger partial charge in [-0.15, -0.1) is 0 Å². The van der Waals surface area contributed by atoms with Gasteiger partial charge >= 0.3 is 0 Å². The van der Waals surface area contributed by atoms with Gasteiger partial charge in [0.15, 0.2) is 11.5 Å². The number of phenolic OH excluding ortho intramolecular Hbond substituents is 1. The average Bonchev–Trinajstić information content (AvgIpc) is 3.24. The van der Waals surface area contributed by atoms with Gasteiger partial charge in [-0.2, -0.15) is 0 Å². The Bertz CT molecular complexity index is 968. The molecular formula is C21H22BN3O2. The van der Waals surface area contributed by atoms with E-state index in [4.69, 9.17) is 23.4 Å². The number of nitrogens with zero attached hydrogens (tertiary/aromatic N) is 2. The quantitative estimate of drug-likeness (QED) is 0.778. The Hall–Kier alpha value is -2.99. The molecule has 5 nitrogen and oxygen atoms in total. The number of phenols is 1. The Morgan fingerprint density at radius 2 is 2.11 bits per heavy atom. The van der Waals surface area contributed by atoms with Gasteiger partial charge in [0.25, 0.3) is 0 Å². The molecule has 1 aliphatic heterocycles. The normalized spacial score (nSPS) is 15.8. The number of nitrogens with two attached hydrogens (primary N) is 1. The summed E-state index contributed by atoms with van der Waals surface area (Å²) in [6, 6.07) is 9.22. The van der Waals surface area contributed by atoms with Crippen molar-refractivity contribution in [1.29, 1.82) is 0 Å². The molecule has 0 bridgehead atoms. The topological polar surface area (TPSA) is 72.8 Å². The van der Waals surface area contributed by atoms with Crippen molar-refractivity contribution in [2.45, 2.75) is 13.3 Å². The fraction of sp³-hybridized carbons (Fsp3) is 0.190. The van der Waals surface area contributed by atoms with Crippen molar-refractivity contribution in [2.24, 2.45) is 10.7 Å². The number of rotatable bonds is 6. The molecular weight excluding hydrogens is 337 g/mol. The molecule has 27 heavy (non-hydrogen) atoms. The number of ether oxygens (including phenoxy) is 1. The van der Waals surface area contributed by atoms with Crippen LogP contribution in [0, 0.1) is 0 Å². The molecule has 0 saturated carbocycles. The molecule has 2 radical (unpaired) electrons. The summed E-state index contributed by atoms with van der Waals surface area (Å²) in [5, 5.41) is 10.2. The molecule has 0 saturated heterocycles. The summed E-state index contributed by atoms with van der Waals surface area (Å²) in [4.78, 5) is 4.75. The van der Waals surface area contributed by atoms with E-state index in [1.54, 1.807) is 16.7 Å². The second-order valence-corrected chi connectivity index (χ2v) is 6.26. The van der Waals surface area contributed by atoms with E-state index in [0.29, 0.717) is 24.3 Å². The molecule has 1 aliphatic rings. The largest absolute Gasteiger partial charge is 0.504 e. The number of aromatic nitrogens is 1. The number of allylic oxidation sites excluding steroid dienone is 3. The van der Waals surface area contributed by atoms with Crippen molar-refractivity contribution in [1.82, 2.24) is 4.48 Å². The lowest BCUT2D eigenvalue weighted by Gasteiger charge is -2.11. The number of hydrogen-bond acceptors (Lipinski definition) is 4. The van der Waals surface area contributed by atoms with Crippen LogP contribution < -0.4 is 10.5 Å². The summed E-state index contributed by atoms with van der Waals surface area (Å²) in [7, 11) is 7.55. The van der Waals surface area contributed by atoms with Gasteiger partial charge in [0.05, 0.1) is 18.5 Å². The smallest absolute Gasteiger partial charge is 0.234 e. The van der Waals surface area contributed by atoms with Crippen LogP contribution in [0.3, 0.4) is 0 Å². The summed E-state index contributed by atoms with van der Waals surface area (Å²) >= 11 is 0. The highest BCUT2D eigenvalue weighted by Crippen LogP contribution is 2.32. The first kappa shape index (κ1) is 18.8. The lowest BCUT2D eigenvalue weighted by atomic mass is 10.0. The van der Waals surface area contributed by atoms with E-state index in [1.165, 1.54) is 7.11 Å². The van der Waals surface area contributed by atoms with E-state index in [1.807, 2.05) is 49.4 Å². The van der Waals surface area contributed by atoms with E-state index < -0.39 is 0 Å². The standard InChI is InChI=1S/C21H22BN3O2/c1-14-13-16(9-8-15-5-3-7-19(27-2)21(15)26)24-20(14)17(10-11-23)18-6-4-12-25(18)22/h3-9,12-13,26H,10-11,23H2,1-2H3/b9-8+,20-17-. The number of aromatic hydroxyl groups is 1. The number of benzene rings is 1. The lowest BCUT2D eigenvalue weighted by Crippen LogP contribution is -2.05. The third kappa shape index (κ3) is 3.91. The Kier molecular flexibility index (Phi) is 5.67. The van der Waals surface area contributed by atoms with Crippen LogP contribution in [-0.4, -0.2) is 36.9 Å². The Morgan fingerprint density at radius 1 is 1.30 bits per heavy atom. The zero-order chi connectivity index (χ0) is 19.4. The molecule has 0 fully saturated rings. The van der Waals surface area contributed by atoms with Gasteiger partial charge in [-0.1, -0.05) is 12.1 Å². The lowest BCUT2D eigenvalue weighted by molar-refractivity contribution is 0.373. The Morgan fingerprint density at radius 3 is 2.78 bits per heavy atom. The molecule has 0 amide bonds. The van der Waals surface area contributed by atoms with Crippen LogP contribution in [0.25, 0.3) is 11.6 Å². The molecule has 0 atom stereocenters. The minimum atomic E-state index is 0.107. The predicted molar refractivity (Wildman–Crippen MR) is 111 cm³/mol. The van der Waals surface area contributed by atoms with E-state index >= 15 is 0 Å². The summed E-state index contributed by atoms with van der Waals surface area (Å²) in [5.41, 5.74) is 11.1. The molecule has 1 aromatic carbocycles. The van der Waals surface area contributed by atoms with Gasteiger partial charge in [0.1, 0.15) is 0 Å². The highest BCUT2D eigenvalue weighted by Gasteiger charge is 2.17. The van der Waals surface area contributed by atoms with Gasteiger partial charge in [-0.25, -0.2) is 4.99 Å². The summed E-state index contributed by atoms with van der Waals surface area (Å²) < 4.78 is 6.73. The number of methoxy groups -OCH3 is 1. The molecule has 6 heteroatoms. The SMILES string of the molecule is [B]n1cccc1/C(CCN)=C1N=C(/C=C/c2cccc(OC)c2O)C=C\1C. The fourth-order valence-corrected chi connectivity index (χ4v) is 3.11. The number of para-hydroxylation sites is 1. The van der Waals surface area contributed by atoms with E-state index in [2.05, 4.69) is 0 Å². The van der Waals surface area contributed by atoms with Gasteiger partial charge in [0.2, 0.25) is 7.98 Å². The van der Waals surface area contributed by atoms with E-state index in [-0.39, 0.29) is 5.75 Å². The highest BCUT2D eigenvalue weighted by molar-refractivity contribution is 6.11. The van der Waals surface area contributed by atoms with Crippen LogP contribution in [0.1, 0.15) is 24.6 Å². The first-order valence-electron chi connectivity index (χ1n) is 8.72. The minimum absolute atomic E-state index is 0.107. The number of aliphatic imine (C=N–C) groups is 1. The van der Waals surface area contributed by atoms with E-state index in [9.17, 15) is 5.11 Å². The van der Waals surface area contributed by atoms with Crippen LogP contribution in [0.4, 0.5) is 0 Å². The third-order valence-electron chi connectivity index (χ3n) is 4.43. The van der Waals surface area contributed by atoms with Crippen molar-refractivity contribution in [3.8, 4) is 11.5 Å².